The van der Waals surface area contributed by atoms with E-state index in [2.05, 4.69) is 15.4 Å². The minimum absolute atomic E-state index is 0.0692. The number of hydrogen-bond donors (Lipinski definition) is 1. The van der Waals surface area contributed by atoms with Gasteiger partial charge in [-0.25, -0.2) is 17.8 Å². The molecule has 0 fully saturated rings. The van der Waals surface area contributed by atoms with Gasteiger partial charge in [-0.15, -0.1) is 0 Å². The molecule has 11 nitrogen and oxygen atoms in total. The van der Waals surface area contributed by atoms with Gasteiger partial charge >= 0.3 is 5.97 Å². The second-order valence-corrected chi connectivity index (χ2v) is 14.3. The summed E-state index contributed by atoms with van der Waals surface area (Å²) in [6.45, 7) is 8.38. The molecule has 1 atom stereocenters. The van der Waals surface area contributed by atoms with Crippen molar-refractivity contribution in [3.05, 3.63) is 99.5 Å². The van der Waals surface area contributed by atoms with E-state index in [1.54, 1.807) is 37.4 Å². The lowest BCUT2D eigenvalue weighted by molar-refractivity contribution is -0.142. The number of nitrogens with zero attached hydrogens (tertiary/aromatic N) is 4. The number of sulfone groups is 1. The van der Waals surface area contributed by atoms with E-state index < -0.39 is 33.2 Å². The molecule has 2 aromatic carbocycles. The van der Waals surface area contributed by atoms with E-state index in [-0.39, 0.29) is 51.2 Å². The summed E-state index contributed by atoms with van der Waals surface area (Å²) >= 11 is 0. The molecule has 1 amide bonds. The third-order valence-corrected chi connectivity index (χ3v) is 9.61. The van der Waals surface area contributed by atoms with E-state index in [0.29, 0.717) is 16.5 Å². The van der Waals surface area contributed by atoms with Crippen LogP contribution in [0, 0.1) is 5.82 Å². The van der Waals surface area contributed by atoms with Crippen LogP contribution in [-0.4, -0.2) is 52.8 Å². The maximum Gasteiger partial charge on any atom is 0.302 e. The second-order valence-electron chi connectivity index (χ2n) is 12.0. The second kappa shape index (κ2) is 12.1. The molecule has 0 aliphatic carbocycles. The minimum atomic E-state index is -3.44. The number of esters is 1. The summed E-state index contributed by atoms with van der Waals surface area (Å²) in [4.78, 5) is 44.6. The largest absolute Gasteiger partial charge is 0.461 e. The van der Waals surface area contributed by atoms with Gasteiger partial charge in [-0.2, -0.15) is 9.78 Å². The fourth-order valence-electron chi connectivity index (χ4n) is 5.23. The number of carbonyl (C=O) groups is 2. The number of fused-ring (bicyclic) bond motifs is 1. The Labute approximate surface area is 265 Å². The summed E-state index contributed by atoms with van der Waals surface area (Å²) < 4.78 is 46.2. The minimum Gasteiger partial charge on any atom is -0.461 e. The van der Waals surface area contributed by atoms with Gasteiger partial charge in [0.1, 0.15) is 23.9 Å². The number of anilines is 1. The van der Waals surface area contributed by atoms with Crippen molar-refractivity contribution in [1.29, 1.82) is 0 Å². The zero-order chi connectivity index (χ0) is 33.6. The van der Waals surface area contributed by atoms with Gasteiger partial charge in [0.15, 0.2) is 9.84 Å². The van der Waals surface area contributed by atoms with Gasteiger partial charge in [-0.05, 0) is 52.9 Å². The smallest absolute Gasteiger partial charge is 0.302 e. The SMILES string of the molecule is CCS(=O)(=O)c1ccc(NC2=CC(c3cccc(-n4ncc5cc(C(C)(C)C)cc(F)c5c4=O)c3COC(C)=O)N(C)C2=O)nc1. The predicted molar refractivity (Wildman–Crippen MR) is 171 cm³/mol. The van der Waals surface area contributed by atoms with Crippen LogP contribution >= 0.6 is 0 Å². The van der Waals surface area contributed by atoms with Crippen LogP contribution in [0.4, 0.5) is 10.2 Å². The average molecular weight is 648 g/mol. The van der Waals surface area contributed by atoms with Crippen LogP contribution in [-0.2, 0) is 36.2 Å². The van der Waals surface area contributed by atoms with Gasteiger partial charge in [0.2, 0.25) is 0 Å². The summed E-state index contributed by atoms with van der Waals surface area (Å²) in [7, 11) is -1.85. The zero-order valence-electron chi connectivity index (χ0n) is 26.3. The third kappa shape index (κ3) is 6.14. The lowest BCUT2D eigenvalue weighted by atomic mass is 9.86. The van der Waals surface area contributed by atoms with E-state index in [0.717, 1.165) is 10.2 Å². The Morgan fingerprint density at radius 3 is 2.48 bits per heavy atom. The van der Waals surface area contributed by atoms with Crippen molar-refractivity contribution in [2.45, 2.75) is 57.6 Å². The molecule has 1 unspecified atom stereocenters. The topological polar surface area (TPSA) is 141 Å². The number of halogens is 1. The predicted octanol–water partition coefficient (Wildman–Crippen LogP) is 4.58. The number of ether oxygens (including phenoxy) is 1. The average Bonchev–Trinajstić information content (AvgIpc) is 3.28. The molecule has 1 aliphatic heterocycles. The summed E-state index contributed by atoms with van der Waals surface area (Å²) in [5.41, 5.74) is 1.06. The Morgan fingerprint density at radius 1 is 1.11 bits per heavy atom. The van der Waals surface area contributed by atoms with Crippen LogP contribution in [0.25, 0.3) is 16.5 Å². The summed E-state index contributed by atoms with van der Waals surface area (Å²) in [6, 6.07) is 10.3. The summed E-state index contributed by atoms with van der Waals surface area (Å²) in [6.07, 6.45) is 4.31. The molecular weight excluding hydrogens is 613 g/mol. The quantitative estimate of drug-likeness (QED) is 0.272. The van der Waals surface area contributed by atoms with Crippen molar-refractivity contribution < 1.29 is 27.1 Å². The maximum absolute atomic E-state index is 15.4. The molecule has 2 aromatic heterocycles. The van der Waals surface area contributed by atoms with Crippen molar-refractivity contribution in [2.75, 3.05) is 18.1 Å². The van der Waals surface area contributed by atoms with Crippen LogP contribution in [0.15, 0.2) is 76.3 Å². The molecule has 1 aliphatic rings. The first-order valence-electron chi connectivity index (χ1n) is 14.5. The van der Waals surface area contributed by atoms with E-state index in [9.17, 15) is 22.8 Å². The fraction of sp³-hybridized carbons (Fsp3) is 0.303. The number of likely N-dealkylation sites (N-methyl/N-ethyl adjacent to an activating group) is 1. The van der Waals surface area contributed by atoms with E-state index in [4.69, 9.17) is 4.74 Å². The van der Waals surface area contributed by atoms with Gasteiger partial charge in [-0.1, -0.05) is 39.8 Å². The van der Waals surface area contributed by atoms with Crippen LogP contribution < -0.4 is 10.9 Å². The lowest BCUT2D eigenvalue weighted by Gasteiger charge is -2.24. The Balaban J connectivity index is 1.58. The van der Waals surface area contributed by atoms with Gasteiger partial charge in [0.05, 0.1) is 34.0 Å². The number of pyridine rings is 1. The fourth-order valence-corrected chi connectivity index (χ4v) is 6.05. The van der Waals surface area contributed by atoms with Gasteiger partial charge in [0.25, 0.3) is 11.5 Å². The first-order valence-corrected chi connectivity index (χ1v) is 16.2. The monoisotopic (exact) mass is 647 g/mol. The van der Waals surface area contributed by atoms with Gasteiger partial charge < -0.3 is 15.0 Å². The number of hydrogen-bond acceptors (Lipinski definition) is 9. The lowest BCUT2D eigenvalue weighted by Crippen LogP contribution is -2.28. The first-order chi connectivity index (χ1) is 21.6. The molecule has 0 radical (unpaired) electrons. The number of carbonyl (C=O) groups excluding carboxylic acids is 2. The maximum atomic E-state index is 15.4. The van der Waals surface area contributed by atoms with Crippen LogP contribution in [0.2, 0.25) is 0 Å². The Morgan fingerprint density at radius 2 is 1.85 bits per heavy atom. The van der Waals surface area contributed by atoms with Crippen molar-refractivity contribution in [2.24, 2.45) is 0 Å². The molecule has 0 bridgehead atoms. The molecule has 0 saturated carbocycles. The molecular formula is C33H34FN5O6S. The summed E-state index contributed by atoms with van der Waals surface area (Å²) in [5, 5.41) is 7.55. The van der Waals surface area contributed by atoms with Crippen molar-refractivity contribution in [3.63, 3.8) is 0 Å². The van der Waals surface area contributed by atoms with Crippen molar-refractivity contribution >= 4 is 38.3 Å². The molecule has 46 heavy (non-hydrogen) atoms. The number of benzene rings is 2. The molecule has 240 valence electrons. The number of nitrogens with one attached hydrogen (secondary N) is 1. The third-order valence-electron chi connectivity index (χ3n) is 7.89. The molecule has 3 heterocycles. The van der Waals surface area contributed by atoms with Gasteiger partial charge in [-0.3, -0.25) is 14.4 Å². The number of aromatic nitrogens is 3. The zero-order valence-corrected chi connectivity index (χ0v) is 27.1. The Hall–Kier alpha value is -4.91. The Kier molecular flexibility index (Phi) is 8.56. The standard InChI is InChI=1S/C33H34FN5O6S/c1-7-46(43,44)22-11-12-29(35-17-22)37-26-15-28(38(6)31(26)41)23-9-8-10-27(24(23)18-45-19(2)40)39-32(42)30-20(16-36-39)13-21(14-25(30)34)33(3,4)5/h8-17,28H,7,18H2,1-6H3,(H,35,37). The van der Waals surface area contributed by atoms with E-state index in [1.165, 1.54) is 49.3 Å². The number of rotatable bonds is 8. The normalized spacial score (nSPS) is 15.3. The molecule has 5 rings (SSSR count). The molecule has 0 spiro atoms. The van der Waals surface area contributed by atoms with Crippen molar-refractivity contribution in [1.82, 2.24) is 19.7 Å². The highest BCUT2D eigenvalue weighted by atomic mass is 32.2. The van der Waals surface area contributed by atoms with Gasteiger partial charge in [0, 0.05) is 31.1 Å². The van der Waals surface area contributed by atoms with Crippen LogP contribution in [0.3, 0.4) is 0 Å². The first kappa shape index (κ1) is 32.5. The Bertz CT molecular complexity index is 2070. The van der Waals surface area contributed by atoms with E-state index >= 15 is 4.39 Å². The molecule has 1 N–H and O–H groups in total. The van der Waals surface area contributed by atoms with Crippen LogP contribution in [0.1, 0.15) is 57.4 Å². The molecule has 13 heteroatoms. The van der Waals surface area contributed by atoms with Crippen molar-refractivity contribution in [3.8, 4) is 5.69 Å². The van der Waals surface area contributed by atoms with Crippen LogP contribution in [0.5, 0.6) is 0 Å². The highest BCUT2D eigenvalue weighted by molar-refractivity contribution is 7.91. The summed E-state index contributed by atoms with van der Waals surface area (Å²) in [5.74, 6) is -1.41. The number of amides is 1. The highest BCUT2D eigenvalue weighted by Crippen LogP contribution is 2.35. The highest BCUT2D eigenvalue weighted by Gasteiger charge is 2.33. The molecule has 0 saturated heterocycles. The molecule has 4 aromatic rings. The van der Waals surface area contributed by atoms with E-state index in [1.807, 2.05) is 20.8 Å².